The number of carbonyl (C=O) groups is 2. The molecule has 0 radical (unpaired) electrons. The Hall–Kier alpha value is -1.52. The lowest BCUT2D eigenvalue weighted by Gasteiger charge is -2.43. The molecule has 1 unspecified atom stereocenters. The first kappa shape index (κ1) is 18.3. The summed E-state index contributed by atoms with van der Waals surface area (Å²) < 4.78 is 5.21. The normalized spacial score (nSPS) is 22.0. The smallest absolute Gasteiger partial charge is 0.156 e. The van der Waals surface area contributed by atoms with Crippen LogP contribution in [0.3, 0.4) is 0 Å². The first-order chi connectivity index (χ1) is 11.9. The number of ketones is 1. The zero-order valence-corrected chi connectivity index (χ0v) is 15.5. The Bertz CT molecular complexity index is 769. The highest BCUT2D eigenvalue weighted by molar-refractivity contribution is 6.44. The minimum absolute atomic E-state index is 0.0318. The molecule has 1 atom stereocenters. The minimum Gasteiger partial charge on any atom is -0.546 e. The molecule has 6 heteroatoms. The van der Waals surface area contributed by atoms with E-state index in [2.05, 4.69) is 6.92 Å². The highest BCUT2D eigenvalue weighted by Gasteiger charge is 2.42. The molecule has 4 nitrogen and oxygen atoms in total. The SMILES string of the molecule is CCCC12CCC(=O)C=C1c1c(cc(OCC(=O)[O-])c(Cl)c1Cl)CC2. The molecule has 0 spiro atoms. The van der Waals surface area contributed by atoms with Crippen LogP contribution in [-0.4, -0.2) is 18.4 Å². The van der Waals surface area contributed by atoms with E-state index in [-0.39, 0.29) is 22.0 Å². The molecule has 2 aliphatic rings. The molecule has 0 saturated heterocycles. The van der Waals surface area contributed by atoms with Crippen molar-refractivity contribution in [1.29, 1.82) is 0 Å². The number of hydrogen-bond acceptors (Lipinski definition) is 4. The van der Waals surface area contributed by atoms with Crippen LogP contribution in [0.25, 0.3) is 5.57 Å². The van der Waals surface area contributed by atoms with Crippen LogP contribution in [0.1, 0.15) is 50.2 Å². The fourth-order valence-corrected chi connectivity index (χ4v) is 4.62. The highest BCUT2D eigenvalue weighted by Crippen LogP contribution is 2.56. The van der Waals surface area contributed by atoms with Gasteiger partial charge in [-0.3, -0.25) is 4.79 Å². The topological polar surface area (TPSA) is 66.4 Å². The van der Waals surface area contributed by atoms with Crippen LogP contribution < -0.4 is 9.84 Å². The summed E-state index contributed by atoms with van der Waals surface area (Å²) in [5, 5.41) is 11.1. The van der Waals surface area contributed by atoms with Crippen molar-refractivity contribution in [1.82, 2.24) is 0 Å². The molecule has 0 saturated carbocycles. The van der Waals surface area contributed by atoms with E-state index in [9.17, 15) is 14.7 Å². The second kappa shape index (κ2) is 7.00. The molecule has 0 fully saturated rings. The van der Waals surface area contributed by atoms with Gasteiger partial charge >= 0.3 is 0 Å². The fraction of sp³-hybridized carbons (Fsp3) is 0.474. The summed E-state index contributed by atoms with van der Waals surface area (Å²) in [6.07, 6.45) is 6.88. The number of aryl methyl sites for hydroxylation is 1. The van der Waals surface area contributed by atoms with E-state index in [1.165, 1.54) is 0 Å². The maximum atomic E-state index is 12.1. The number of carbonyl (C=O) groups excluding carboxylic acids is 2. The molecule has 0 aliphatic heterocycles. The van der Waals surface area contributed by atoms with Crippen LogP contribution in [0.15, 0.2) is 12.1 Å². The molecule has 2 aliphatic carbocycles. The van der Waals surface area contributed by atoms with Crippen molar-refractivity contribution in [2.24, 2.45) is 5.41 Å². The van der Waals surface area contributed by atoms with Crippen LogP contribution in [0.4, 0.5) is 0 Å². The Morgan fingerprint density at radius 3 is 2.68 bits per heavy atom. The van der Waals surface area contributed by atoms with Gasteiger partial charge in [-0.05, 0) is 54.4 Å². The summed E-state index contributed by atoms with van der Waals surface area (Å²) in [5.41, 5.74) is 2.71. The molecule has 1 aromatic carbocycles. The summed E-state index contributed by atoms with van der Waals surface area (Å²) in [6, 6.07) is 1.74. The zero-order valence-electron chi connectivity index (χ0n) is 14.0. The van der Waals surface area contributed by atoms with Crippen molar-refractivity contribution in [3.05, 3.63) is 33.3 Å². The maximum absolute atomic E-state index is 12.1. The maximum Gasteiger partial charge on any atom is 0.156 e. The van der Waals surface area contributed by atoms with Crippen molar-refractivity contribution in [2.75, 3.05) is 6.61 Å². The van der Waals surface area contributed by atoms with E-state index in [0.29, 0.717) is 11.4 Å². The Morgan fingerprint density at radius 2 is 2.00 bits per heavy atom. The van der Waals surface area contributed by atoms with Gasteiger partial charge in [0, 0.05) is 12.0 Å². The number of aliphatic carboxylic acids is 1. The van der Waals surface area contributed by atoms with Gasteiger partial charge in [0.25, 0.3) is 0 Å². The second-order valence-electron chi connectivity index (χ2n) is 6.75. The molecule has 0 bridgehead atoms. The number of allylic oxidation sites excluding steroid dienone is 2. The largest absolute Gasteiger partial charge is 0.546 e. The van der Waals surface area contributed by atoms with E-state index < -0.39 is 12.6 Å². The summed E-state index contributed by atoms with van der Waals surface area (Å²) >= 11 is 12.9. The van der Waals surface area contributed by atoms with Crippen LogP contribution in [-0.2, 0) is 16.0 Å². The van der Waals surface area contributed by atoms with Crippen molar-refractivity contribution < 1.29 is 19.4 Å². The van der Waals surface area contributed by atoms with E-state index in [1.807, 2.05) is 0 Å². The van der Waals surface area contributed by atoms with Crippen LogP contribution in [0.2, 0.25) is 10.0 Å². The number of hydrogen-bond donors (Lipinski definition) is 0. The summed E-state index contributed by atoms with van der Waals surface area (Å²) in [4.78, 5) is 22.7. The van der Waals surface area contributed by atoms with Gasteiger partial charge in [-0.1, -0.05) is 36.5 Å². The number of ether oxygens (including phenoxy) is 1. The standard InChI is InChI=1S/C19H20Cl2O4/c1-2-5-19-6-3-11-8-14(25-10-15(23)24)17(20)18(21)16(11)13(19)9-12(22)4-7-19/h8-9H,2-7,10H2,1H3,(H,23,24)/p-1. The number of carboxylic acids is 1. The number of fused-ring (bicyclic) bond motifs is 3. The Morgan fingerprint density at radius 1 is 1.28 bits per heavy atom. The second-order valence-corrected chi connectivity index (χ2v) is 7.51. The molecule has 3 rings (SSSR count). The first-order valence-corrected chi connectivity index (χ1v) is 9.22. The Balaban J connectivity index is 2.11. The number of halogens is 2. The molecule has 134 valence electrons. The number of rotatable bonds is 5. The van der Waals surface area contributed by atoms with Crippen LogP contribution in [0, 0.1) is 5.41 Å². The molecular formula is C19H19Cl2O4-. The summed E-state index contributed by atoms with van der Waals surface area (Å²) in [5.74, 6) is -0.980. The molecule has 1 aromatic rings. The Labute approximate surface area is 156 Å². The lowest BCUT2D eigenvalue weighted by atomic mass is 9.61. The van der Waals surface area contributed by atoms with Gasteiger partial charge in [0.1, 0.15) is 17.4 Å². The lowest BCUT2D eigenvalue weighted by molar-refractivity contribution is -0.307. The third-order valence-corrected chi connectivity index (χ3v) is 6.05. The van der Waals surface area contributed by atoms with Gasteiger partial charge in [0.15, 0.2) is 5.78 Å². The van der Waals surface area contributed by atoms with E-state index in [0.717, 1.165) is 48.8 Å². The lowest BCUT2D eigenvalue weighted by Crippen LogP contribution is -2.32. The average Bonchev–Trinajstić information content (AvgIpc) is 2.57. The van der Waals surface area contributed by atoms with Crippen molar-refractivity contribution in [2.45, 2.75) is 45.4 Å². The van der Waals surface area contributed by atoms with Gasteiger partial charge in [-0.15, -0.1) is 0 Å². The molecular weight excluding hydrogens is 363 g/mol. The van der Waals surface area contributed by atoms with Crippen LogP contribution in [0.5, 0.6) is 5.75 Å². The van der Waals surface area contributed by atoms with Gasteiger partial charge < -0.3 is 14.6 Å². The number of carboxylic acid groups (broad SMARTS) is 1. The predicted molar refractivity (Wildman–Crippen MR) is 94.8 cm³/mol. The zero-order chi connectivity index (χ0) is 18.2. The van der Waals surface area contributed by atoms with E-state index in [4.69, 9.17) is 27.9 Å². The monoisotopic (exact) mass is 381 g/mol. The molecule has 0 aromatic heterocycles. The number of benzene rings is 1. The summed E-state index contributed by atoms with van der Waals surface area (Å²) in [7, 11) is 0. The fourth-order valence-electron chi connectivity index (χ4n) is 4.10. The molecule has 0 heterocycles. The molecule has 25 heavy (non-hydrogen) atoms. The average molecular weight is 382 g/mol. The van der Waals surface area contributed by atoms with Gasteiger partial charge in [0.05, 0.1) is 11.0 Å². The van der Waals surface area contributed by atoms with E-state index >= 15 is 0 Å². The van der Waals surface area contributed by atoms with Crippen molar-refractivity contribution in [3.63, 3.8) is 0 Å². The van der Waals surface area contributed by atoms with Crippen molar-refractivity contribution >= 4 is 40.5 Å². The summed E-state index contributed by atoms with van der Waals surface area (Å²) in [6.45, 7) is 1.56. The third kappa shape index (κ3) is 3.30. The first-order valence-electron chi connectivity index (χ1n) is 8.47. The predicted octanol–water partition coefficient (Wildman–Crippen LogP) is 3.60. The van der Waals surface area contributed by atoms with Gasteiger partial charge in [-0.2, -0.15) is 0 Å². The minimum atomic E-state index is -1.33. The molecule has 0 amide bonds. The molecule has 0 N–H and O–H groups in total. The van der Waals surface area contributed by atoms with Crippen LogP contribution >= 0.6 is 23.2 Å². The van der Waals surface area contributed by atoms with Gasteiger partial charge in [-0.25, -0.2) is 0 Å². The van der Waals surface area contributed by atoms with Crippen molar-refractivity contribution in [3.8, 4) is 5.75 Å². The quantitative estimate of drug-likeness (QED) is 0.781. The third-order valence-electron chi connectivity index (χ3n) is 5.20. The Kier molecular flexibility index (Phi) is 5.12. The van der Waals surface area contributed by atoms with Gasteiger partial charge in [0.2, 0.25) is 0 Å². The highest BCUT2D eigenvalue weighted by atomic mass is 35.5. The van der Waals surface area contributed by atoms with E-state index in [1.54, 1.807) is 12.1 Å².